The molecule has 5 N–H and O–H groups in total. The first-order valence-electron chi connectivity index (χ1n) is 5.47. The molecule has 0 aliphatic rings. The van der Waals surface area contributed by atoms with Crippen LogP contribution >= 0.6 is 23.2 Å². The maximum absolute atomic E-state index is 14.1. The molecular weight excluding hydrogens is 288 g/mol. The fourth-order valence-corrected chi connectivity index (χ4v) is 1.99. The molecule has 100 valence electrons. The Kier molecular flexibility index (Phi) is 3.73. The predicted octanol–water partition coefficient (Wildman–Crippen LogP) is 4.35. The van der Waals surface area contributed by atoms with Gasteiger partial charge in [-0.2, -0.15) is 0 Å². The lowest BCUT2D eigenvalue weighted by molar-refractivity contribution is 0.633. The van der Waals surface area contributed by atoms with Gasteiger partial charge in [-0.15, -0.1) is 0 Å². The number of hydrogen-bond acceptors (Lipinski definition) is 3. The summed E-state index contributed by atoms with van der Waals surface area (Å²) in [6.45, 7) is 1.82. The molecule has 19 heavy (non-hydrogen) atoms. The van der Waals surface area contributed by atoms with Crippen molar-refractivity contribution in [2.45, 2.75) is 6.92 Å². The second-order valence-corrected chi connectivity index (χ2v) is 4.88. The second kappa shape index (κ2) is 5.15. The van der Waals surface area contributed by atoms with E-state index < -0.39 is 5.82 Å². The highest BCUT2D eigenvalue weighted by Crippen LogP contribution is 2.36. The molecule has 0 aliphatic carbocycles. The summed E-state index contributed by atoms with van der Waals surface area (Å²) in [6.07, 6.45) is 0. The van der Waals surface area contributed by atoms with Crippen LogP contribution in [0.15, 0.2) is 24.3 Å². The summed E-state index contributed by atoms with van der Waals surface area (Å²) < 4.78 is 14.1. The zero-order valence-electron chi connectivity index (χ0n) is 10.1. The molecule has 0 atom stereocenters. The lowest BCUT2D eigenvalue weighted by Crippen LogP contribution is -2.03. The van der Waals surface area contributed by atoms with Crippen LogP contribution in [0.5, 0.6) is 0 Å². The normalized spacial score (nSPS) is 10.5. The number of rotatable bonds is 2. The Balaban J connectivity index is 2.50. The lowest BCUT2D eigenvalue weighted by atomic mass is 10.1. The van der Waals surface area contributed by atoms with Crippen molar-refractivity contribution in [1.29, 1.82) is 0 Å². The predicted molar refractivity (Wildman–Crippen MR) is 79.7 cm³/mol. The summed E-state index contributed by atoms with van der Waals surface area (Å²) in [5, 5.41) is 3.31. The minimum absolute atomic E-state index is 0.0876. The summed E-state index contributed by atoms with van der Waals surface area (Å²) in [7, 11) is 0. The molecule has 0 saturated heterocycles. The van der Waals surface area contributed by atoms with Gasteiger partial charge in [0.05, 0.1) is 17.1 Å². The van der Waals surface area contributed by atoms with E-state index in [4.69, 9.17) is 34.7 Å². The van der Waals surface area contributed by atoms with E-state index in [2.05, 4.69) is 5.32 Å². The zero-order chi connectivity index (χ0) is 14.2. The quantitative estimate of drug-likeness (QED) is 0.722. The van der Waals surface area contributed by atoms with Gasteiger partial charge >= 0.3 is 0 Å². The van der Waals surface area contributed by atoms with Crippen LogP contribution in [0.25, 0.3) is 0 Å². The summed E-state index contributed by atoms with van der Waals surface area (Å²) >= 11 is 11.8. The molecule has 0 spiro atoms. The van der Waals surface area contributed by atoms with Crippen LogP contribution in [0.4, 0.5) is 27.1 Å². The minimum atomic E-state index is -0.682. The van der Waals surface area contributed by atoms with Gasteiger partial charge in [-0.3, -0.25) is 0 Å². The average molecular weight is 300 g/mol. The molecule has 0 radical (unpaired) electrons. The molecule has 2 aromatic rings. The molecule has 0 fully saturated rings. The maximum Gasteiger partial charge on any atom is 0.169 e. The number of nitrogens with one attached hydrogen (secondary N) is 1. The van der Waals surface area contributed by atoms with Crippen molar-refractivity contribution in [2.24, 2.45) is 0 Å². The van der Waals surface area contributed by atoms with Gasteiger partial charge < -0.3 is 16.8 Å². The average Bonchev–Trinajstić information content (AvgIpc) is 2.37. The molecule has 0 aromatic heterocycles. The van der Waals surface area contributed by atoms with E-state index in [1.54, 1.807) is 18.2 Å². The molecule has 0 bridgehead atoms. The van der Waals surface area contributed by atoms with Crippen LogP contribution < -0.4 is 16.8 Å². The van der Waals surface area contributed by atoms with Gasteiger partial charge in [-0.05, 0) is 30.7 Å². The zero-order valence-corrected chi connectivity index (χ0v) is 11.6. The second-order valence-electron chi connectivity index (χ2n) is 4.10. The molecule has 3 nitrogen and oxygen atoms in total. The summed E-state index contributed by atoms with van der Waals surface area (Å²) in [6, 6.07) is 6.68. The Labute approximate surface area is 120 Å². The first-order valence-corrected chi connectivity index (χ1v) is 6.22. The van der Waals surface area contributed by atoms with Crippen molar-refractivity contribution in [3.63, 3.8) is 0 Å². The number of nitrogen functional groups attached to an aromatic ring is 2. The molecule has 6 heteroatoms. The molecule has 0 saturated carbocycles. The van der Waals surface area contributed by atoms with Crippen molar-refractivity contribution in [1.82, 2.24) is 0 Å². The molecule has 0 amide bonds. The fourth-order valence-electron chi connectivity index (χ4n) is 1.67. The van der Waals surface area contributed by atoms with E-state index in [9.17, 15) is 4.39 Å². The van der Waals surface area contributed by atoms with E-state index in [0.717, 1.165) is 5.56 Å². The third-order valence-electron chi connectivity index (χ3n) is 2.79. The van der Waals surface area contributed by atoms with Crippen molar-refractivity contribution >= 4 is 46.0 Å². The van der Waals surface area contributed by atoms with E-state index in [0.29, 0.717) is 10.7 Å². The Bertz CT molecular complexity index is 644. The highest BCUT2D eigenvalue weighted by atomic mass is 35.5. The van der Waals surface area contributed by atoms with Gasteiger partial charge in [0.2, 0.25) is 0 Å². The van der Waals surface area contributed by atoms with E-state index in [-0.39, 0.29) is 22.1 Å². The fraction of sp³-hybridized carbons (Fsp3) is 0.0769. The Morgan fingerprint density at radius 1 is 1.16 bits per heavy atom. The van der Waals surface area contributed by atoms with Crippen LogP contribution in [0.3, 0.4) is 0 Å². The topological polar surface area (TPSA) is 64.1 Å². The van der Waals surface area contributed by atoms with Gasteiger partial charge in [0.1, 0.15) is 5.02 Å². The number of hydrogen-bond donors (Lipinski definition) is 3. The highest BCUT2D eigenvalue weighted by molar-refractivity contribution is 6.34. The third-order valence-corrected chi connectivity index (χ3v) is 3.59. The molecule has 2 rings (SSSR count). The lowest BCUT2D eigenvalue weighted by Gasteiger charge is -2.15. The number of anilines is 4. The van der Waals surface area contributed by atoms with Crippen LogP contribution in [0.2, 0.25) is 10.0 Å². The minimum Gasteiger partial charge on any atom is -0.397 e. The van der Waals surface area contributed by atoms with E-state index in [1.165, 1.54) is 6.07 Å². The largest absolute Gasteiger partial charge is 0.397 e. The SMILES string of the molecule is Cc1c(Cl)cccc1Nc1c(N)cc(N)c(Cl)c1F. The van der Waals surface area contributed by atoms with Gasteiger partial charge in [0, 0.05) is 10.7 Å². The van der Waals surface area contributed by atoms with E-state index >= 15 is 0 Å². The van der Waals surface area contributed by atoms with Gasteiger partial charge in [0.15, 0.2) is 5.82 Å². The highest BCUT2D eigenvalue weighted by Gasteiger charge is 2.15. The number of benzene rings is 2. The van der Waals surface area contributed by atoms with E-state index in [1.807, 2.05) is 6.92 Å². The van der Waals surface area contributed by atoms with Crippen molar-refractivity contribution in [3.8, 4) is 0 Å². The molecule has 0 heterocycles. The Morgan fingerprint density at radius 3 is 2.53 bits per heavy atom. The summed E-state index contributed by atoms with van der Waals surface area (Å²) in [5.41, 5.74) is 13.1. The van der Waals surface area contributed by atoms with Gasteiger partial charge in [0.25, 0.3) is 0 Å². The smallest absolute Gasteiger partial charge is 0.169 e. The van der Waals surface area contributed by atoms with Gasteiger partial charge in [-0.25, -0.2) is 4.39 Å². The van der Waals surface area contributed by atoms with Crippen molar-refractivity contribution < 1.29 is 4.39 Å². The summed E-state index contributed by atoms with van der Waals surface area (Å²) in [4.78, 5) is 0. The van der Waals surface area contributed by atoms with Crippen LogP contribution in [-0.4, -0.2) is 0 Å². The Hall–Kier alpha value is -1.65. The standard InChI is InChI=1S/C13H12Cl2FN3/c1-6-7(14)3-2-4-10(6)19-13-9(18)5-8(17)11(15)12(13)16/h2-5,19H,17-18H2,1H3. The number of halogens is 3. The molecule has 0 unspecified atom stereocenters. The van der Waals surface area contributed by atoms with Gasteiger partial charge in [-0.1, -0.05) is 29.3 Å². The summed E-state index contributed by atoms with van der Waals surface area (Å²) in [5.74, 6) is -0.682. The van der Waals surface area contributed by atoms with Crippen LogP contribution in [-0.2, 0) is 0 Å². The van der Waals surface area contributed by atoms with Crippen molar-refractivity contribution in [3.05, 3.63) is 45.7 Å². The molecule has 2 aromatic carbocycles. The molecule has 0 aliphatic heterocycles. The molecular formula is C13H12Cl2FN3. The first kappa shape index (κ1) is 13.8. The number of nitrogens with two attached hydrogens (primary N) is 2. The maximum atomic E-state index is 14.1. The first-order chi connectivity index (χ1) is 8.91. The monoisotopic (exact) mass is 299 g/mol. The van der Waals surface area contributed by atoms with Crippen LogP contribution in [0, 0.1) is 12.7 Å². The third kappa shape index (κ3) is 2.55. The Morgan fingerprint density at radius 2 is 1.84 bits per heavy atom. The van der Waals surface area contributed by atoms with Crippen LogP contribution in [0.1, 0.15) is 5.56 Å². The van der Waals surface area contributed by atoms with Crippen molar-refractivity contribution in [2.75, 3.05) is 16.8 Å².